The minimum atomic E-state index is -0.534. The molecule has 1 saturated carbocycles. The summed E-state index contributed by atoms with van der Waals surface area (Å²) in [7, 11) is -0.534. The first-order valence-corrected chi connectivity index (χ1v) is 7.53. The van der Waals surface area contributed by atoms with Crippen molar-refractivity contribution in [1.82, 2.24) is 10.2 Å². The lowest BCUT2D eigenvalue weighted by atomic mass is 10.1. The quantitative estimate of drug-likeness (QED) is 0.744. The number of rotatable bonds is 5. The molecule has 88 valence electrons. The van der Waals surface area contributed by atoms with E-state index in [1.54, 1.807) is 0 Å². The van der Waals surface area contributed by atoms with E-state index in [1.165, 1.54) is 12.8 Å². The molecule has 3 nitrogen and oxygen atoms in total. The van der Waals surface area contributed by atoms with Gasteiger partial charge in [-0.15, -0.1) is 0 Å². The van der Waals surface area contributed by atoms with E-state index in [9.17, 15) is 4.21 Å². The van der Waals surface area contributed by atoms with Gasteiger partial charge in [0.25, 0.3) is 0 Å². The molecule has 1 aliphatic heterocycles. The van der Waals surface area contributed by atoms with Crippen molar-refractivity contribution < 1.29 is 4.21 Å². The van der Waals surface area contributed by atoms with Gasteiger partial charge < -0.3 is 10.2 Å². The summed E-state index contributed by atoms with van der Waals surface area (Å²) < 4.78 is 11.2. The van der Waals surface area contributed by atoms with Gasteiger partial charge in [-0.2, -0.15) is 0 Å². The molecule has 0 amide bonds. The van der Waals surface area contributed by atoms with Gasteiger partial charge >= 0.3 is 0 Å². The second-order valence-corrected chi connectivity index (χ2v) is 6.63. The van der Waals surface area contributed by atoms with Gasteiger partial charge in [0.1, 0.15) is 0 Å². The Balaban J connectivity index is 1.60. The lowest BCUT2D eigenvalue weighted by molar-refractivity contribution is 0.254. The summed E-state index contributed by atoms with van der Waals surface area (Å²) in [5, 5.41) is 3.57. The standard InChI is InChI=1S/C11H22N2OS/c1-10(8-12-11-2-3-11)9-13-4-6-15(14)7-5-13/h10-12H,2-9H2,1H3. The predicted molar refractivity (Wildman–Crippen MR) is 64.5 cm³/mol. The first-order valence-electron chi connectivity index (χ1n) is 6.05. The summed E-state index contributed by atoms with van der Waals surface area (Å²) in [5.74, 6) is 2.48. The van der Waals surface area contributed by atoms with Crippen molar-refractivity contribution >= 4 is 10.8 Å². The maximum absolute atomic E-state index is 11.2. The molecule has 0 aromatic rings. The Morgan fingerprint density at radius 2 is 2.07 bits per heavy atom. The normalized spacial score (nSPS) is 26.7. The minimum Gasteiger partial charge on any atom is -0.314 e. The molecule has 1 atom stereocenters. The molecule has 1 aliphatic carbocycles. The largest absolute Gasteiger partial charge is 0.314 e. The summed E-state index contributed by atoms with van der Waals surface area (Å²) in [6, 6.07) is 0.821. The van der Waals surface area contributed by atoms with Crippen molar-refractivity contribution in [2.45, 2.75) is 25.8 Å². The van der Waals surface area contributed by atoms with E-state index in [0.29, 0.717) is 0 Å². The van der Waals surface area contributed by atoms with Crippen LogP contribution < -0.4 is 5.32 Å². The van der Waals surface area contributed by atoms with Crippen molar-refractivity contribution in [2.75, 3.05) is 37.7 Å². The predicted octanol–water partition coefficient (Wildman–Crippen LogP) is 0.439. The van der Waals surface area contributed by atoms with E-state index < -0.39 is 10.8 Å². The Kier molecular flexibility index (Phi) is 4.17. The Bertz CT molecular complexity index is 221. The Hall–Kier alpha value is 0.0700. The van der Waals surface area contributed by atoms with Crippen LogP contribution in [0.15, 0.2) is 0 Å². The molecular formula is C11H22N2OS. The first-order chi connectivity index (χ1) is 7.24. The first kappa shape index (κ1) is 11.6. The van der Waals surface area contributed by atoms with Gasteiger partial charge in [-0.1, -0.05) is 6.92 Å². The van der Waals surface area contributed by atoms with Crippen LogP contribution in [0.3, 0.4) is 0 Å². The van der Waals surface area contributed by atoms with Crippen LogP contribution in [-0.2, 0) is 10.8 Å². The van der Waals surface area contributed by atoms with E-state index >= 15 is 0 Å². The third kappa shape index (κ3) is 4.21. The van der Waals surface area contributed by atoms with Crippen molar-refractivity contribution in [3.05, 3.63) is 0 Å². The fourth-order valence-corrected chi connectivity index (χ4v) is 3.15. The van der Waals surface area contributed by atoms with Gasteiger partial charge in [0, 0.05) is 48.0 Å². The monoisotopic (exact) mass is 230 g/mol. The zero-order valence-electron chi connectivity index (χ0n) is 9.58. The van der Waals surface area contributed by atoms with Crippen LogP contribution in [0.2, 0.25) is 0 Å². The number of nitrogens with one attached hydrogen (secondary N) is 1. The molecular weight excluding hydrogens is 208 g/mol. The molecule has 1 N–H and O–H groups in total. The average molecular weight is 230 g/mol. The Morgan fingerprint density at radius 1 is 1.40 bits per heavy atom. The second kappa shape index (κ2) is 5.41. The molecule has 2 rings (SSSR count). The maximum Gasteiger partial charge on any atom is 0.0363 e. The van der Waals surface area contributed by atoms with Gasteiger partial charge in [0.15, 0.2) is 0 Å². The highest BCUT2D eigenvalue weighted by Crippen LogP contribution is 2.18. The Labute approximate surface area is 95.1 Å². The van der Waals surface area contributed by atoms with E-state index in [0.717, 1.165) is 49.6 Å². The van der Waals surface area contributed by atoms with E-state index in [1.807, 2.05) is 0 Å². The van der Waals surface area contributed by atoms with E-state index in [4.69, 9.17) is 0 Å². The van der Waals surface area contributed by atoms with Gasteiger partial charge in [-0.05, 0) is 25.3 Å². The molecule has 0 spiro atoms. The molecule has 0 bridgehead atoms. The fraction of sp³-hybridized carbons (Fsp3) is 1.00. The van der Waals surface area contributed by atoms with Crippen LogP contribution in [0.4, 0.5) is 0 Å². The summed E-state index contributed by atoms with van der Waals surface area (Å²) in [6.45, 7) is 6.67. The smallest absolute Gasteiger partial charge is 0.0363 e. The van der Waals surface area contributed by atoms with Crippen LogP contribution in [0.1, 0.15) is 19.8 Å². The van der Waals surface area contributed by atoms with Crippen LogP contribution in [0, 0.1) is 5.92 Å². The number of hydrogen-bond donors (Lipinski definition) is 1. The van der Waals surface area contributed by atoms with Crippen molar-refractivity contribution in [2.24, 2.45) is 5.92 Å². The van der Waals surface area contributed by atoms with Gasteiger partial charge in [-0.25, -0.2) is 0 Å². The molecule has 2 aliphatic rings. The molecule has 1 saturated heterocycles. The van der Waals surface area contributed by atoms with Gasteiger partial charge in [0.2, 0.25) is 0 Å². The average Bonchev–Trinajstić information content (AvgIpc) is 3.02. The topological polar surface area (TPSA) is 32.3 Å². The zero-order valence-corrected chi connectivity index (χ0v) is 10.4. The Morgan fingerprint density at radius 3 is 2.67 bits per heavy atom. The fourth-order valence-electron chi connectivity index (χ4n) is 2.02. The van der Waals surface area contributed by atoms with Crippen LogP contribution in [0.5, 0.6) is 0 Å². The van der Waals surface area contributed by atoms with E-state index in [2.05, 4.69) is 17.1 Å². The molecule has 4 heteroatoms. The highest BCUT2D eigenvalue weighted by Gasteiger charge is 2.22. The SMILES string of the molecule is CC(CNC1CC1)CN1CCS(=O)CC1. The molecule has 1 heterocycles. The molecule has 2 fully saturated rings. The molecule has 1 unspecified atom stereocenters. The lowest BCUT2D eigenvalue weighted by Gasteiger charge is -2.28. The summed E-state index contributed by atoms with van der Waals surface area (Å²) in [4.78, 5) is 2.46. The van der Waals surface area contributed by atoms with E-state index in [-0.39, 0.29) is 0 Å². The van der Waals surface area contributed by atoms with Crippen LogP contribution >= 0.6 is 0 Å². The molecule has 0 aromatic heterocycles. The maximum atomic E-state index is 11.2. The number of nitrogens with zero attached hydrogens (tertiary/aromatic N) is 1. The highest BCUT2D eigenvalue weighted by molar-refractivity contribution is 7.85. The van der Waals surface area contributed by atoms with Crippen molar-refractivity contribution in [1.29, 1.82) is 0 Å². The summed E-state index contributed by atoms with van der Waals surface area (Å²) in [6.07, 6.45) is 2.74. The number of hydrogen-bond acceptors (Lipinski definition) is 3. The van der Waals surface area contributed by atoms with Crippen LogP contribution in [0.25, 0.3) is 0 Å². The summed E-state index contributed by atoms with van der Waals surface area (Å²) in [5.41, 5.74) is 0. The van der Waals surface area contributed by atoms with Crippen molar-refractivity contribution in [3.63, 3.8) is 0 Å². The third-order valence-electron chi connectivity index (χ3n) is 3.17. The lowest BCUT2D eigenvalue weighted by Crippen LogP contribution is -2.41. The summed E-state index contributed by atoms with van der Waals surface area (Å²) >= 11 is 0. The minimum absolute atomic E-state index is 0.534. The van der Waals surface area contributed by atoms with Crippen LogP contribution in [-0.4, -0.2) is 52.8 Å². The van der Waals surface area contributed by atoms with Gasteiger partial charge in [0.05, 0.1) is 0 Å². The second-order valence-electron chi connectivity index (χ2n) is 4.94. The van der Waals surface area contributed by atoms with Crippen molar-refractivity contribution in [3.8, 4) is 0 Å². The third-order valence-corrected chi connectivity index (χ3v) is 4.45. The zero-order chi connectivity index (χ0) is 10.7. The highest BCUT2D eigenvalue weighted by atomic mass is 32.2. The molecule has 0 radical (unpaired) electrons. The molecule has 0 aromatic carbocycles. The molecule has 15 heavy (non-hydrogen) atoms. The van der Waals surface area contributed by atoms with Gasteiger partial charge in [-0.3, -0.25) is 4.21 Å².